The molecule has 0 saturated heterocycles. The highest BCUT2D eigenvalue weighted by atomic mass is 35.5. The van der Waals surface area contributed by atoms with Crippen LogP contribution in [0.1, 0.15) is 0 Å². The van der Waals surface area contributed by atoms with Gasteiger partial charge in [0, 0.05) is 6.26 Å². The summed E-state index contributed by atoms with van der Waals surface area (Å²) in [5.74, 6) is 0. The van der Waals surface area contributed by atoms with E-state index in [1.54, 1.807) is 11.4 Å². The van der Waals surface area contributed by atoms with Crippen molar-refractivity contribution in [1.82, 2.24) is 0 Å². The summed E-state index contributed by atoms with van der Waals surface area (Å²) in [6, 6.07) is 9.82. The zero-order chi connectivity index (χ0) is 23.0. The Morgan fingerprint density at radius 1 is 0.742 bits per heavy atom. The van der Waals surface area contributed by atoms with E-state index in [4.69, 9.17) is 23.2 Å². The first-order valence-corrected chi connectivity index (χ1v) is 14.7. The quantitative estimate of drug-likeness (QED) is 0.465. The number of anilines is 2. The maximum absolute atomic E-state index is 12.8. The van der Waals surface area contributed by atoms with Crippen LogP contribution < -0.4 is 9.44 Å². The largest absolute Gasteiger partial charge is 0.277 e. The number of hydrogen-bond acceptors (Lipinski definition) is 7. The van der Waals surface area contributed by atoms with Gasteiger partial charge in [0.2, 0.25) is 0 Å². The van der Waals surface area contributed by atoms with E-state index in [1.165, 1.54) is 18.2 Å². The van der Waals surface area contributed by atoms with Gasteiger partial charge in [-0.15, -0.1) is 11.3 Å². The fourth-order valence-corrected chi connectivity index (χ4v) is 6.49. The second kappa shape index (κ2) is 8.60. The Kier molecular flexibility index (Phi) is 6.61. The minimum Gasteiger partial charge on any atom is -0.277 e. The van der Waals surface area contributed by atoms with Crippen molar-refractivity contribution in [3.05, 3.63) is 64.0 Å². The van der Waals surface area contributed by atoms with E-state index in [2.05, 4.69) is 9.44 Å². The SMILES string of the molecule is CS(=O)(=O)c1ccc(S(=O)(=O)Nc2cc(Cl)c(Cl)cc2NS(=O)(=O)c2cccs2)cc1. The van der Waals surface area contributed by atoms with Gasteiger partial charge in [-0.3, -0.25) is 9.44 Å². The van der Waals surface area contributed by atoms with Crippen molar-refractivity contribution in [2.24, 2.45) is 0 Å². The van der Waals surface area contributed by atoms with Crippen molar-refractivity contribution in [3.63, 3.8) is 0 Å². The number of halogens is 2. The van der Waals surface area contributed by atoms with Gasteiger partial charge in [0.25, 0.3) is 20.0 Å². The molecular formula is C17H14Cl2N2O6S4. The van der Waals surface area contributed by atoms with Crippen molar-refractivity contribution in [1.29, 1.82) is 0 Å². The van der Waals surface area contributed by atoms with Crippen LogP contribution in [0.15, 0.2) is 67.9 Å². The molecule has 0 aliphatic rings. The Hall–Kier alpha value is -1.83. The van der Waals surface area contributed by atoms with Gasteiger partial charge in [-0.05, 0) is 47.8 Å². The lowest BCUT2D eigenvalue weighted by Gasteiger charge is -2.15. The molecule has 0 aliphatic heterocycles. The van der Waals surface area contributed by atoms with Crippen LogP contribution in [0.2, 0.25) is 10.0 Å². The molecule has 166 valence electrons. The van der Waals surface area contributed by atoms with E-state index in [9.17, 15) is 25.3 Å². The summed E-state index contributed by atoms with van der Waals surface area (Å²) in [6.45, 7) is 0. The van der Waals surface area contributed by atoms with Crippen molar-refractivity contribution >= 4 is 75.8 Å². The average molecular weight is 541 g/mol. The second-order valence-electron chi connectivity index (χ2n) is 6.20. The maximum Gasteiger partial charge on any atom is 0.271 e. The normalized spacial score (nSPS) is 12.5. The summed E-state index contributed by atoms with van der Waals surface area (Å²) < 4.78 is 78.4. The lowest BCUT2D eigenvalue weighted by molar-refractivity contribution is 0.597. The number of sulfonamides is 2. The summed E-state index contributed by atoms with van der Waals surface area (Å²) in [4.78, 5) is -0.288. The highest BCUT2D eigenvalue weighted by Gasteiger charge is 2.22. The fourth-order valence-electron chi connectivity index (χ4n) is 2.40. The standard InChI is InChI=1S/C17H14Cl2N2O6S4/c1-29(22,23)11-4-6-12(7-5-11)30(24,25)20-15-9-13(18)14(19)10-16(15)21-31(26,27)17-3-2-8-28-17/h2-10,20-21H,1H3. The summed E-state index contributed by atoms with van der Waals surface area (Å²) in [6.07, 6.45) is 0.996. The summed E-state index contributed by atoms with van der Waals surface area (Å²) in [7, 11) is -11.7. The summed E-state index contributed by atoms with van der Waals surface area (Å²) in [5, 5.41) is 1.57. The lowest BCUT2D eigenvalue weighted by atomic mass is 10.3. The third-order valence-electron chi connectivity index (χ3n) is 3.87. The highest BCUT2D eigenvalue weighted by Crippen LogP contribution is 2.35. The molecule has 0 saturated carbocycles. The summed E-state index contributed by atoms with van der Waals surface area (Å²) in [5.41, 5.74) is -0.305. The first-order chi connectivity index (χ1) is 14.3. The smallest absolute Gasteiger partial charge is 0.271 e. The average Bonchev–Trinajstić information content (AvgIpc) is 3.21. The van der Waals surface area contributed by atoms with E-state index in [-0.39, 0.29) is 35.4 Å². The van der Waals surface area contributed by atoms with E-state index in [1.807, 2.05) is 0 Å². The molecule has 0 fully saturated rings. The number of hydrogen-bond donors (Lipinski definition) is 2. The highest BCUT2D eigenvalue weighted by molar-refractivity contribution is 7.94. The molecule has 8 nitrogen and oxygen atoms in total. The molecular weight excluding hydrogens is 527 g/mol. The number of thiophene rings is 1. The van der Waals surface area contributed by atoms with Gasteiger partial charge < -0.3 is 0 Å². The van der Waals surface area contributed by atoms with Gasteiger partial charge in [0.15, 0.2) is 9.84 Å². The van der Waals surface area contributed by atoms with E-state index < -0.39 is 29.9 Å². The van der Waals surface area contributed by atoms with E-state index >= 15 is 0 Å². The van der Waals surface area contributed by atoms with Crippen LogP contribution in [0.4, 0.5) is 11.4 Å². The number of rotatable bonds is 7. The van der Waals surface area contributed by atoms with Gasteiger partial charge >= 0.3 is 0 Å². The van der Waals surface area contributed by atoms with Crippen LogP contribution in [0.5, 0.6) is 0 Å². The maximum atomic E-state index is 12.8. The minimum atomic E-state index is -4.22. The molecule has 0 unspecified atom stereocenters. The molecule has 0 amide bonds. The Morgan fingerprint density at radius 3 is 1.68 bits per heavy atom. The number of benzene rings is 2. The lowest BCUT2D eigenvalue weighted by Crippen LogP contribution is -2.17. The molecule has 2 N–H and O–H groups in total. The topological polar surface area (TPSA) is 126 Å². The van der Waals surface area contributed by atoms with Gasteiger partial charge in [0.05, 0.1) is 31.2 Å². The third-order valence-corrected chi connectivity index (χ3v) is 9.87. The predicted octanol–water partition coefficient (Wildman–Crippen LogP) is 4.06. The van der Waals surface area contributed by atoms with Gasteiger partial charge in [0.1, 0.15) is 4.21 Å². The molecule has 31 heavy (non-hydrogen) atoms. The number of nitrogens with one attached hydrogen (secondary N) is 2. The van der Waals surface area contributed by atoms with Crippen LogP contribution >= 0.6 is 34.5 Å². The van der Waals surface area contributed by atoms with Crippen molar-refractivity contribution in [2.45, 2.75) is 14.0 Å². The Balaban J connectivity index is 2.00. The zero-order valence-electron chi connectivity index (χ0n) is 15.5. The fraction of sp³-hybridized carbons (Fsp3) is 0.0588. The second-order valence-corrected chi connectivity index (χ2v) is 13.6. The van der Waals surface area contributed by atoms with Crippen molar-refractivity contribution in [2.75, 3.05) is 15.7 Å². The number of sulfone groups is 1. The molecule has 0 bridgehead atoms. The molecule has 1 heterocycles. The van der Waals surface area contributed by atoms with Gasteiger partial charge in [-0.1, -0.05) is 29.3 Å². The molecule has 0 atom stereocenters. The van der Waals surface area contributed by atoms with Crippen LogP contribution in [-0.2, 0) is 29.9 Å². The predicted molar refractivity (Wildman–Crippen MR) is 122 cm³/mol. The first kappa shape index (κ1) is 23.8. The molecule has 0 radical (unpaired) electrons. The molecule has 2 aromatic carbocycles. The van der Waals surface area contributed by atoms with Crippen molar-refractivity contribution < 1.29 is 25.3 Å². The minimum absolute atomic E-state index is 0.00556. The first-order valence-electron chi connectivity index (χ1n) is 8.18. The Morgan fingerprint density at radius 2 is 1.23 bits per heavy atom. The van der Waals surface area contributed by atoms with Crippen LogP contribution in [0, 0.1) is 0 Å². The third kappa shape index (κ3) is 5.51. The Bertz CT molecular complexity index is 1430. The zero-order valence-corrected chi connectivity index (χ0v) is 20.3. The molecule has 0 aliphatic carbocycles. The van der Waals surface area contributed by atoms with Crippen molar-refractivity contribution in [3.8, 4) is 0 Å². The van der Waals surface area contributed by atoms with Crippen LogP contribution in [0.25, 0.3) is 0 Å². The van der Waals surface area contributed by atoms with Gasteiger partial charge in [-0.25, -0.2) is 25.3 Å². The molecule has 1 aromatic heterocycles. The molecule has 0 spiro atoms. The molecule has 3 rings (SSSR count). The van der Waals surface area contributed by atoms with Crippen LogP contribution in [0.3, 0.4) is 0 Å². The van der Waals surface area contributed by atoms with Gasteiger partial charge in [-0.2, -0.15) is 0 Å². The van der Waals surface area contributed by atoms with E-state index in [0.717, 1.165) is 41.9 Å². The Labute approximate surface area is 193 Å². The van der Waals surface area contributed by atoms with E-state index in [0.29, 0.717) is 0 Å². The molecule has 14 heteroatoms. The van der Waals surface area contributed by atoms with Crippen LogP contribution in [-0.4, -0.2) is 31.5 Å². The molecule has 3 aromatic rings. The monoisotopic (exact) mass is 540 g/mol. The summed E-state index contributed by atoms with van der Waals surface area (Å²) >= 11 is 13.0.